The van der Waals surface area contributed by atoms with E-state index in [1.165, 1.54) is 54.2 Å². The topological polar surface area (TPSA) is 82.6 Å². The number of nitrogens with zero attached hydrogens (tertiary/aromatic N) is 3. The predicted octanol–water partition coefficient (Wildman–Crippen LogP) is 2.82. The Kier molecular flexibility index (Phi) is 6.70. The highest BCUT2D eigenvalue weighted by Gasteiger charge is 2.34. The van der Waals surface area contributed by atoms with Gasteiger partial charge in [-0.1, -0.05) is 18.2 Å². The summed E-state index contributed by atoms with van der Waals surface area (Å²) < 4.78 is 15.7. The molecular formula is C22H22ClFN4O3. The fourth-order valence-electron chi connectivity index (χ4n) is 3.67. The summed E-state index contributed by atoms with van der Waals surface area (Å²) >= 11 is 6.31. The number of pyridine rings is 1. The number of benzene rings is 1. The molecule has 0 unspecified atom stereocenters. The molecule has 1 saturated heterocycles. The van der Waals surface area contributed by atoms with Crippen molar-refractivity contribution in [2.45, 2.75) is 13.0 Å². The number of piperazine rings is 1. The molecule has 7 nitrogen and oxygen atoms in total. The van der Waals surface area contributed by atoms with Crippen molar-refractivity contribution in [3.05, 3.63) is 65.2 Å². The van der Waals surface area contributed by atoms with Crippen LogP contribution in [0.3, 0.4) is 0 Å². The first-order valence-corrected chi connectivity index (χ1v) is 10.0. The molecule has 2 heterocycles. The van der Waals surface area contributed by atoms with E-state index in [-0.39, 0.29) is 46.7 Å². The lowest BCUT2D eigenvalue weighted by Crippen LogP contribution is -2.51. The molecule has 1 N–H and O–H groups in total. The van der Waals surface area contributed by atoms with E-state index in [0.717, 1.165) is 0 Å². The van der Waals surface area contributed by atoms with E-state index in [1.807, 2.05) is 0 Å². The molecule has 3 amide bonds. The van der Waals surface area contributed by atoms with Crippen LogP contribution >= 0.6 is 11.6 Å². The molecule has 1 aliphatic rings. The van der Waals surface area contributed by atoms with Gasteiger partial charge in [-0.05, 0) is 35.9 Å². The minimum atomic E-state index is -0.715. The Morgan fingerprint density at radius 2 is 2.03 bits per heavy atom. The number of carbonyl (C=O) groups excluding carboxylic acids is 3. The van der Waals surface area contributed by atoms with Gasteiger partial charge in [-0.25, -0.2) is 4.39 Å². The number of rotatable bonds is 4. The van der Waals surface area contributed by atoms with E-state index >= 15 is 4.39 Å². The Labute approximate surface area is 184 Å². The summed E-state index contributed by atoms with van der Waals surface area (Å²) in [6, 6.07) is 5.24. The summed E-state index contributed by atoms with van der Waals surface area (Å²) in [5.41, 5.74) is 0.911. The van der Waals surface area contributed by atoms with Crippen LogP contribution in [0.25, 0.3) is 11.1 Å². The van der Waals surface area contributed by atoms with Crippen molar-refractivity contribution in [2.75, 3.05) is 26.7 Å². The first-order chi connectivity index (χ1) is 14.8. The van der Waals surface area contributed by atoms with E-state index in [2.05, 4.69) is 16.9 Å². The van der Waals surface area contributed by atoms with Crippen LogP contribution < -0.4 is 5.32 Å². The highest BCUT2D eigenvalue weighted by atomic mass is 35.5. The molecule has 0 bridgehead atoms. The number of amides is 3. The third-order valence-electron chi connectivity index (χ3n) is 5.23. The minimum Gasteiger partial charge on any atom is -0.354 e. The molecule has 1 aromatic heterocycles. The van der Waals surface area contributed by atoms with E-state index in [0.29, 0.717) is 12.1 Å². The number of halogens is 2. The lowest BCUT2D eigenvalue weighted by atomic mass is 9.95. The molecule has 0 spiro atoms. The maximum absolute atomic E-state index is 15.7. The van der Waals surface area contributed by atoms with Gasteiger partial charge in [-0.15, -0.1) is 0 Å². The van der Waals surface area contributed by atoms with Gasteiger partial charge in [0.15, 0.2) is 0 Å². The minimum absolute atomic E-state index is 0.112. The molecular weight excluding hydrogens is 423 g/mol. The zero-order chi connectivity index (χ0) is 22.7. The molecule has 0 saturated carbocycles. The van der Waals surface area contributed by atoms with Gasteiger partial charge in [0.1, 0.15) is 11.5 Å². The van der Waals surface area contributed by atoms with E-state index in [1.54, 1.807) is 6.07 Å². The van der Waals surface area contributed by atoms with Crippen LogP contribution in [0.15, 0.2) is 43.1 Å². The van der Waals surface area contributed by atoms with Crippen LogP contribution in [0.5, 0.6) is 0 Å². The van der Waals surface area contributed by atoms with Crippen molar-refractivity contribution in [2.24, 2.45) is 0 Å². The fraction of sp³-hybridized carbons (Fsp3) is 0.273. The van der Waals surface area contributed by atoms with Crippen molar-refractivity contribution in [3.63, 3.8) is 0 Å². The second-order valence-electron chi connectivity index (χ2n) is 7.08. The highest BCUT2D eigenvalue weighted by molar-refractivity contribution is 6.31. The second-order valence-corrected chi connectivity index (χ2v) is 7.52. The SMILES string of the molecule is C=CC(=O)N1CCN(C(C)=O)[C@@H](c2cc(Cl)cc(-c3ccnc(C(=O)NC)c3)c2F)C1. The van der Waals surface area contributed by atoms with Crippen molar-refractivity contribution in [1.29, 1.82) is 0 Å². The summed E-state index contributed by atoms with van der Waals surface area (Å²) in [7, 11) is 1.48. The number of hydrogen-bond acceptors (Lipinski definition) is 4. The zero-order valence-corrected chi connectivity index (χ0v) is 17.9. The Hall–Kier alpha value is -3.26. The number of aromatic nitrogens is 1. The van der Waals surface area contributed by atoms with Crippen LogP contribution in [0.4, 0.5) is 4.39 Å². The van der Waals surface area contributed by atoms with Crippen LogP contribution in [0.2, 0.25) is 5.02 Å². The molecule has 1 atom stereocenters. The number of carbonyl (C=O) groups is 3. The van der Waals surface area contributed by atoms with E-state index in [9.17, 15) is 14.4 Å². The summed E-state index contributed by atoms with van der Waals surface area (Å²) in [6.07, 6.45) is 2.60. The zero-order valence-electron chi connectivity index (χ0n) is 17.2. The van der Waals surface area contributed by atoms with Gasteiger partial charge in [0.25, 0.3) is 5.91 Å². The van der Waals surface area contributed by atoms with Gasteiger partial charge in [-0.3, -0.25) is 19.4 Å². The molecule has 1 fully saturated rings. The smallest absolute Gasteiger partial charge is 0.269 e. The molecule has 2 aromatic rings. The lowest BCUT2D eigenvalue weighted by Gasteiger charge is -2.41. The molecule has 0 radical (unpaired) electrons. The van der Waals surface area contributed by atoms with E-state index < -0.39 is 17.8 Å². The molecule has 1 aromatic carbocycles. The van der Waals surface area contributed by atoms with Crippen molar-refractivity contribution >= 4 is 29.3 Å². The van der Waals surface area contributed by atoms with Gasteiger partial charge in [-0.2, -0.15) is 0 Å². The molecule has 3 rings (SSSR count). The first kappa shape index (κ1) is 22.4. The highest BCUT2D eigenvalue weighted by Crippen LogP contribution is 2.35. The fourth-order valence-corrected chi connectivity index (χ4v) is 3.90. The van der Waals surface area contributed by atoms with Crippen LogP contribution in [-0.4, -0.2) is 59.2 Å². The largest absolute Gasteiger partial charge is 0.354 e. The van der Waals surface area contributed by atoms with Crippen molar-refractivity contribution < 1.29 is 18.8 Å². The monoisotopic (exact) mass is 444 g/mol. The standard InChI is InChI=1S/C22H22ClFN4O3/c1-4-20(30)27-7-8-28(13(2)29)19(12-27)17-11-15(23)10-16(21(17)24)14-5-6-26-18(9-14)22(31)25-3/h4-6,9-11,19H,1,7-8,12H2,2-3H3,(H,25,31)/t19-/m1/s1. The van der Waals surface area contributed by atoms with Gasteiger partial charge in [0.2, 0.25) is 11.8 Å². The molecule has 162 valence electrons. The van der Waals surface area contributed by atoms with E-state index in [4.69, 9.17) is 11.6 Å². The van der Waals surface area contributed by atoms with Gasteiger partial charge < -0.3 is 15.1 Å². The Balaban J connectivity index is 2.10. The summed E-state index contributed by atoms with van der Waals surface area (Å²) in [4.78, 5) is 43.3. The average Bonchev–Trinajstić information content (AvgIpc) is 2.78. The Morgan fingerprint density at radius 1 is 1.29 bits per heavy atom. The quantitative estimate of drug-likeness (QED) is 0.735. The number of nitrogens with one attached hydrogen (secondary N) is 1. The Morgan fingerprint density at radius 3 is 2.68 bits per heavy atom. The predicted molar refractivity (Wildman–Crippen MR) is 115 cm³/mol. The molecule has 9 heteroatoms. The first-order valence-electron chi connectivity index (χ1n) is 9.62. The molecule has 1 aliphatic heterocycles. The third kappa shape index (κ3) is 4.59. The van der Waals surface area contributed by atoms with Gasteiger partial charge in [0, 0.05) is 56.0 Å². The summed E-state index contributed by atoms with van der Waals surface area (Å²) in [5.74, 6) is -1.51. The second kappa shape index (κ2) is 9.26. The van der Waals surface area contributed by atoms with Crippen LogP contribution in [0, 0.1) is 5.82 Å². The van der Waals surface area contributed by atoms with Crippen molar-refractivity contribution in [3.8, 4) is 11.1 Å². The Bertz CT molecular complexity index is 1060. The maximum Gasteiger partial charge on any atom is 0.269 e. The molecule has 0 aliphatic carbocycles. The van der Waals surface area contributed by atoms with Gasteiger partial charge in [0.05, 0.1) is 6.04 Å². The lowest BCUT2D eigenvalue weighted by molar-refractivity contribution is -0.139. The van der Waals surface area contributed by atoms with Gasteiger partial charge >= 0.3 is 0 Å². The normalized spacial score (nSPS) is 16.1. The average molecular weight is 445 g/mol. The third-order valence-corrected chi connectivity index (χ3v) is 5.44. The summed E-state index contributed by atoms with van der Waals surface area (Å²) in [6.45, 7) is 5.60. The van der Waals surface area contributed by atoms with Crippen LogP contribution in [0.1, 0.15) is 29.0 Å². The number of hydrogen-bond donors (Lipinski definition) is 1. The summed E-state index contributed by atoms with van der Waals surface area (Å²) in [5, 5.41) is 2.74. The molecule has 31 heavy (non-hydrogen) atoms. The maximum atomic E-state index is 15.7. The van der Waals surface area contributed by atoms with Crippen LogP contribution in [-0.2, 0) is 9.59 Å². The van der Waals surface area contributed by atoms with Crippen molar-refractivity contribution in [1.82, 2.24) is 20.1 Å².